The van der Waals surface area contributed by atoms with Gasteiger partial charge in [-0.25, -0.2) is 4.79 Å². The van der Waals surface area contributed by atoms with E-state index in [0.717, 1.165) is 5.56 Å². The van der Waals surface area contributed by atoms with Crippen molar-refractivity contribution in [2.75, 3.05) is 5.32 Å². The summed E-state index contributed by atoms with van der Waals surface area (Å²) in [7, 11) is 0. The maximum atomic E-state index is 12.6. The van der Waals surface area contributed by atoms with Crippen molar-refractivity contribution in [3.63, 3.8) is 0 Å². The Morgan fingerprint density at radius 3 is 2.34 bits per heavy atom. The van der Waals surface area contributed by atoms with E-state index in [2.05, 4.69) is 10.6 Å². The molecule has 2 atom stereocenters. The molecule has 0 aliphatic heterocycles. The van der Waals surface area contributed by atoms with Crippen molar-refractivity contribution in [3.05, 3.63) is 52.4 Å². The molecule has 7 nitrogen and oxygen atoms in total. The SMILES string of the molecule is Cc1ccc(C(=O)N[C@H](C(=O)OC(C)C(=O)Nc2sccc2C#N)C(C)C)cc1. The fraction of sp³-hybridized carbons (Fsp3) is 0.333. The molecule has 8 heteroatoms. The molecule has 2 amide bonds. The van der Waals surface area contributed by atoms with E-state index in [4.69, 9.17) is 10.00 Å². The average Bonchev–Trinajstić information content (AvgIpc) is 3.13. The molecule has 29 heavy (non-hydrogen) atoms. The number of nitrogens with zero attached hydrogens (tertiary/aromatic N) is 1. The summed E-state index contributed by atoms with van der Waals surface area (Å²) in [6, 6.07) is 9.63. The Bertz CT molecular complexity index is 928. The molecule has 0 radical (unpaired) electrons. The highest BCUT2D eigenvalue weighted by atomic mass is 32.1. The highest BCUT2D eigenvalue weighted by Gasteiger charge is 2.29. The van der Waals surface area contributed by atoms with Gasteiger partial charge >= 0.3 is 5.97 Å². The third-order valence-corrected chi connectivity index (χ3v) is 5.04. The molecular formula is C21H23N3O4S. The largest absolute Gasteiger partial charge is 0.451 e. The molecule has 2 rings (SSSR count). The molecule has 0 spiro atoms. The van der Waals surface area contributed by atoms with E-state index in [1.807, 2.05) is 25.1 Å². The molecule has 1 aromatic heterocycles. The molecule has 1 aromatic carbocycles. The number of ether oxygens (including phenoxy) is 1. The third kappa shape index (κ3) is 5.90. The number of carbonyl (C=O) groups is 3. The lowest BCUT2D eigenvalue weighted by atomic mass is 10.0. The summed E-state index contributed by atoms with van der Waals surface area (Å²) in [4.78, 5) is 37.3. The summed E-state index contributed by atoms with van der Waals surface area (Å²) in [5.74, 6) is -1.89. The first-order valence-corrected chi connectivity index (χ1v) is 9.97. The zero-order valence-corrected chi connectivity index (χ0v) is 17.5. The molecule has 0 aliphatic rings. The second-order valence-electron chi connectivity index (χ2n) is 6.90. The van der Waals surface area contributed by atoms with Crippen LogP contribution >= 0.6 is 11.3 Å². The quantitative estimate of drug-likeness (QED) is 0.678. The van der Waals surface area contributed by atoms with Gasteiger partial charge < -0.3 is 15.4 Å². The molecule has 152 valence electrons. The number of nitrogens with one attached hydrogen (secondary N) is 2. The van der Waals surface area contributed by atoms with Gasteiger partial charge in [0.1, 0.15) is 17.1 Å². The molecular weight excluding hydrogens is 390 g/mol. The minimum absolute atomic E-state index is 0.241. The van der Waals surface area contributed by atoms with Crippen LogP contribution in [0.2, 0.25) is 0 Å². The summed E-state index contributed by atoms with van der Waals surface area (Å²) in [5.41, 5.74) is 1.79. The van der Waals surface area contributed by atoms with Gasteiger partial charge in [-0.05, 0) is 43.3 Å². The van der Waals surface area contributed by atoms with Crippen LogP contribution in [0.3, 0.4) is 0 Å². The number of hydrogen-bond acceptors (Lipinski definition) is 6. The lowest BCUT2D eigenvalue weighted by Gasteiger charge is -2.23. The smallest absolute Gasteiger partial charge is 0.329 e. The Labute approximate surface area is 173 Å². The number of benzene rings is 1. The number of nitriles is 1. The second-order valence-corrected chi connectivity index (χ2v) is 7.82. The normalized spacial score (nSPS) is 12.6. The van der Waals surface area contributed by atoms with Gasteiger partial charge in [-0.3, -0.25) is 9.59 Å². The highest BCUT2D eigenvalue weighted by Crippen LogP contribution is 2.22. The van der Waals surface area contributed by atoms with E-state index >= 15 is 0 Å². The minimum atomic E-state index is -1.09. The van der Waals surface area contributed by atoms with Crippen LogP contribution in [0.5, 0.6) is 0 Å². The van der Waals surface area contributed by atoms with Gasteiger partial charge in [0.2, 0.25) is 0 Å². The van der Waals surface area contributed by atoms with Crippen molar-refractivity contribution in [3.8, 4) is 6.07 Å². The lowest BCUT2D eigenvalue weighted by Crippen LogP contribution is -2.47. The van der Waals surface area contributed by atoms with Crippen LogP contribution < -0.4 is 10.6 Å². The first kappa shape index (κ1) is 22.1. The van der Waals surface area contributed by atoms with Gasteiger partial charge in [0.25, 0.3) is 11.8 Å². The number of aryl methyl sites for hydroxylation is 1. The Balaban J connectivity index is 2.01. The Kier molecular flexibility index (Phi) is 7.51. The van der Waals surface area contributed by atoms with E-state index in [9.17, 15) is 14.4 Å². The second kappa shape index (κ2) is 9.85. The van der Waals surface area contributed by atoms with Crippen molar-refractivity contribution in [1.82, 2.24) is 5.32 Å². The maximum Gasteiger partial charge on any atom is 0.329 e. The topological polar surface area (TPSA) is 108 Å². The average molecular weight is 413 g/mol. The van der Waals surface area contributed by atoms with Crippen molar-refractivity contribution >= 4 is 34.1 Å². The molecule has 1 heterocycles. The highest BCUT2D eigenvalue weighted by molar-refractivity contribution is 7.14. The van der Waals surface area contributed by atoms with Gasteiger partial charge in [0.05, 0.1) is 5.56 Å². The molecule has 1 unspecified atom stereocenters. The minimum Gasteiger partial charge on any atom is -0.451 e. The Morgan fingerprint density at radius 2 is 1.76 bits per heavy atom. The number of esters is 1. The maximum absolute atomic E-state index is 12.6. The zero-order valence-electron chi connectivity index (χ0n) is 16.7. The van der Waals surface area contributed by atoms with Crippen LogP contribution in [-0.4, -0.2) is 29.9 Å². The summed E-state index contributed by atoms with van der Waals surface area (Å²) in [6.45, 7) is 6.90. The van der Waals surface area contributed by atoms with Crippen molar-refractivity contribution in [2.24, 2.45) is 5.92 Å². The molecule has 0 aliphatic carbocycles. The molecule has 0 bridgehead atoms. The fourth-order valence-electron chi connectivity index (χ4n) is 2.44. The number of anilines is 1. The van der Waals surface area contributed by atoms with Gasteiger partial charge in [-0.2, -0.15) is 5.26 Å². The number of amides is 2. The van der Waals surface area contributed by atoms with Crippen LogP contribution in [0.25, 0.3) is 0 Å². The van der Waals surface area contributed by atoms with Gasteiger partial charge in [0.15, 0.2) is 6.10 Å². The fourth-order valence-corrected chi connectivity index (χ4v) is 3.18. The van der Waals surface area contributed by atoms with Crippen LogP contribution in [-0.2, 0) is 14.3 Å². The predicted molar refractivity (Wildman–Crippen MR) is 110 cm³/mol. The van der Waals surface area contributed by atoms with Crippen LogP contribution in [0.4, 0.5) is 5.00 Å². The molecule has 0 saturated carbocycles. The Hall–Kier alpha value is -3.18. The van der Waals surface area contributed by atoms with Gasteiger partial charge in [-0.15, -0.1) is 11.3 Å². The molecule has 2 aromatic rings. The van der Waals surface area contributed by atoms with Gasteiger partial charge in [-0.1, -0.05) is 31.5 Å². The van der Waals surface area contributed by atoms with Crippen LogP contribution in [0.15, 0.2) is 35.7 Å². The predicted octanol–water partition coefficient (Wildman–Crippen LogP) is 3.25. The first-order valence-electron chi connectivity index (χ1n) is 9.09. The number of thiophene rings is 1. The monoisotopic (exact) mass is 413 g/mol. The third-order valence-electron chi connectivity index (χ3n) is 4.21. The Morgan fingerprint density at radius 1 is 1.10 bits per heavy atom. The van der Waals surface area contributed by atoms with Crippen molar-refractivity contribution < 1.29 is 19.1 Å². The molecule has 0 saturated heterocycles. The van der Waals surface area contributed by atoms with E-state index in [-0.39, 0.29) is 5.92 Å². The zero-order chi connectivity index (χ0) is 21.6. The molecule has 2 N–H and O–H groups in total. The number of rotatable bonds is 7. The van der Waals surface area contributed by atoms with E-state index < -0.39 is 29.9 Å². The number of hydrogen-bond donors (Lipinski definition) is 2. The summed E-state index contributed by atoms with van der Waals surface area (Å²) in [5, 5.41) is 16.3. The lowest BCUT2D eigenvalue weighted by molar-refractivity contribution is -0.156. The van der Waals surface area contributed by atoms with Gasteiger partial charge in [0, 0.05) is 5.56 Å². The van der Waals surface area contributed by atoms with E-state index in [0.29, 0.717) is 16.1 Å². The van der Waals surface area contributed by atoms with Crippen molar-refractivity contribution in [1.29, 1.82) is 5.26 Å². The van der Waals surface area contributed by atoms with E-state index in [1.54, 1.807) is 37.4 Å². The summed E-state index contributed by atoms with van der Waals surface area (Å²) in [6.07, 6.45) is -1.09. The summed E-state index contributed by atoms with van der Waals surface area (Å²) < 4.78 is 5.27. The standard InChI is InChI=1S/C21H23N3O4S/c1-12(2)17(23-19(26)15-7-5-13(3)6-8-15)21(27)28-14(4)18(25)24-20-16(11-22)9-10-29-20/h5-10,12,14,17H,1-4H3,(H,23,26)(H,24,25)/t14?,17-/m0/s1. The van der Waals surface area contributed by atoms with Crippen LogP contribution in [0.1, 0.15) is 42.3 Å². The van der Waals surface area contributed by atoms with Crippen molar-refractivity contribution in [2.45, 2.75) is 39.8 Å². The molecule has 0 fully saturated rings. The first-order chi connectivity index (χ1) is 13.7. The van der Waals surface area contributed by atoms with E-state index in [1.165, 1.54) is 18.3 Å². The van der Waals surface area contributed by atoms with Crippen LogP contribution in [0, 0.1) is 24.2 Å². The number of carbonyl (C=O) groups excluding carboxylic acids is 3. The summed E-state index contributed by atoms with van der Waals surface area (Å²) >= 11 is 1.21.